The highest BCUT2D eigenvalue weighted by Gasteiger charge is 2.30. The molecule has 0 saturated heterocycles. The molecule has 26 heavy (non-hydrogen) atoms. The molecular weight excluding hydrogens is 330 g/mol. The summed E-state index contributed by atoms with van der Waals surface area (Å²) in [6, 6.07) is 7.40. The molecule has 1 aliphatic rings. The first-order valence-corrected chi connectivity index (χ1v) is 9.07. The van der Waals surface area contributed by atoms with E-state index >= 15 is 0 Å². The largest absolute Gasteiger partial charge is 0.496 e. The second kappa shape index (κ2) is 8.36. The molecule has 1 amide bonds. The fourth-order valence-electron chi connectivity index (χ4n) is 3.66. The number of amides is 1. The van der Waals surface area contributed by atoms with Crippen molar-refractivity contribution in [1.82, 2.24) is 14.9 Å². The minimum absolute atomic E-state index is 0.0128. The van der Waals surface area contributed by atoms with Gasteiger partial charge in [-0.1, -0.05) is 18.2 Å². The highest BCUT2D eigenvalue weighted by Crippen LogP contribution is 2.31. The zero-order valence-electron chi connectivity index (χ0n) is 15.6. The first kappa shape index (κ1) is 18.5. The van der Waals surface area contributed by atoms with Crippen LogP contribution >= 0.6 is 0 Å². The number of nitrogens with one attached hydrogen (secondary N) is 1. The fourth-order valence-corrected chi connectivity index (χ4v) is 3.66. The molecule has 0 aliphatic heterocycles. The van der Waals surface area contributed by atoms with Gasteiger partial charge >= 0.3 is 0 Å². The third-order valence-electron chi connectivity index (χ3n) is 5.23. The lowest BCUT2D eigenvalue weighted by Gasteiger charge is -2.29. The van der Waals surface area contributed by atoms with Crippen LogP contribution in [0, 0.1) is 5.92 Å². The van der Waals surface area contributed by atoms with Gasteiger partial charge in [0.15, 0.2) is 0 Å². The summed E-state index contributed by atoms with van der Waals surface area (Å²) < 4.78 is 12.9. The van der Waals surface area contributed by atoms with Gasteiger partial charge in [-0.25, -0.2) is 4.98 Å². The van der Waals surface area contributed by atoms with Gasteiger partial charge < -0.3 is 19.4 Å². The number of rotatable bonds is 6. The Morgan fingerprint density at radius 1 is 1.23 bits per heavy atom. The van der Waals surface area contributed by atoms with Crippen LogP contribution in [0.2, 0.25) is 0 Å². The molecule has 1 heterocycles. The van der Waals surface area contributed by atoms with Gasteiger partial charge in [0.2, 0.25) is 5.91 Å². The molecule has 6 heteroatoms. The number of hydrogen-bond acceptors (Lipinski definition) is 4. The minimum Gasteiger partial charge on any atom is -0.496 e. The molecule has 1 fully saturated rings. The lowest BCUT2D eigenvalue weighted by atomic mass is 9.86. The van der Waals surface area contributed by atoms with Crippen LogP contribution in [-0.2, 0) is 16.6 Å². The lowest BCUT2D eigenvalue weighted by molar-refractivity contribution is -0.127. The van der Waals surface area contributed by atoms with Crippen LogP contribution < -0.4 is 10.1 Å². The Labute approximate surface area is 154 Å². The van der Waals surface area contributed by atoms with Crippen LogP contribution in [0.4, 0.5) is 0 Å². The Morgan fingerprint density at radius 2 is 1.96 bits per heavy atom. The molecule has 1 aliphatic carbocycles. The Hall–Kier alpha value is -2.34. The zero-order valence-corrected chi connectivity index (χ0v) is 15.6. The number of ether oxygens (including phenoxy) is 2. The molecule has 0 unspecified atom stereocenters. The number of carbonyl (C=O) groups is 1. The maximum absolute atomic E-state index is 13.0. The van der Waals surface area contributed by atoms with Gasteiger partial charge in [-0.2, -0.15) is 0 Å². The summed E-state index contributed by atoms with van der Waals surface area (Å²) in [5.41, 5.74) is 0.906. The van der Waals surface area contributed by atoms with E-state index in [1.807, 2.05) is 42.1 Å². The fraction of sp³-hybridized carbons (Fsp3) is 0.500. The van der Waals surface area contributed by atoms with Crippen LogP contribution in [0.15, 0.2) is 36.7 Å². The summed E-state index contributed by atoms with van der Waals surface area (Å²) in [5.74, 6) is 1.61. The van der Waals surface area contributed by atoms with Crippen LogP contribution in [-0.4, -0.2) is 35.8 Å². The highest BCUT2D eigenvalue weighted by atomic mass is 16.5. The van der Waals surface area contributed by atoms with Crippen LogP contribution in [0.1, 0.15) is 43.1 Å². The van der Waals surface area contributed by atoms with E-state index in [9.17, 15) is 4.79 Å². The number of aryl methyl sites for hydroxylation is 1. The van der Waals surface area contributed by atoms with Crippen LogP contribution in [0.5, 0.6) is 5.75 Å². The lowest BCUT2D eigenvalue weighted by Crippen LogP contribution is -2.38. The number of methoxy groups -OCH3 is 2. The van der Waals surface area contributed by atoms with E-state index in [2.05, 4.69) is 10.3 Å². The van der Waals surface area contributed by atoms with Crippen molar-refractivity contribution in [2.45, 2.75) is 37.8 Å². The molecular formula is C20H27N3O3. The second-order valence-electron chi connectivity index (χ2n) is 6.79. The molecule has 1 aromatic heterocycles. The first-order chi connectivity index (χ1) is 12.6. The monoisotopic (exact) mass is 357 g/mol. The quantitative estimate of drug-likeness (QED) is 0.863. The zero-order chi connectivity index (χ0) is 18.5. The first-order valence-electron chi connectivity index (χ1n) is 9.07. The number of carbonyl (C=O) groups excluding carboxylic acids is 1. The summed E-state index contributed by atoms with van der Waals surface area (Å²) in [6.07, 6.45) is 7.46. The van der Waals surface area contributed by atoms with Crippen molar-refractivity contribution in [2.24, 2.45) is 13.0 Å². The van der Waals surface area contributed by atoms with Gasteiger partial charge in [0.1, 0.15) is 17.6 Å². The van der Waals surface area contributed by atoms with Crippen molar-refractivity contribution in [2.75, 3.05) is 14.2 Å². The van der Waals surface area contributed by atoms with E-state index in [1.54, 1.807) is 20.4 Å². The molecule has 2 aromatic rings. The van der Waals surface area contributed by atoms with Gasteiger partial charge in [0.05, 0.1) is 13.2 Å². The molecule has 0 bridgehead atoms. The number of hydrogen-bond donors (Lipinski definition) is 1. The maximum atomic E-state index is 13.0. The number of benzene rings is 1. The Bertz CT molecular complexity index is 735. The van der Waals surface area contributed by atoms with E-state index in [1.165, 1.54) is 0 Å². The van der Waals surface area contributed by atoms with Crippen molar-refractivity contribution in [3.8, 4) is 5.75 Å². The standard InChI is InChI=1S/C20H27N3O3/c1-23-13-12-21-19(23)18(16-6-4-5-7-17(16)26-3)22-20(24)14-8-10-15(25-2)11-9-14/h4-7,12-15,18H,8-11H2,1-3H3,(H,22,24)/t14?,15?,18-/m0/s1. The van der Waals surface area contributed by atoms with Gasteiger partial charge in [-0.05, 0) is 31.7 Å². The third-order valence-corrected chi connectivity index (χ3v) is 5.23. The molecule has 1 atom stereocenters. The molecule has 6 nitrogen and oxygen atoms in total. The van der Waals surface area contributed by atoms with Crippen molar-refractivity contribution < 1.29 is 14.3 Å². The Kier molecular flexibility index (Phi) is 5.93. The Balaban J connectivity index is 1.83. The van der Waals surface area contributed by atoms with E-state index in [0.717, 1.165) is 42.8 Å². The minimum atomic E-state index is -0.348. The summed E-state index contributed by atoms with van der Waals surface area (Å²) in [7, 11) is 5.31. The van der Waals surface area contributed by atoms with E-state index in [0.29, 0.717) is 0 Å². The summed E-state index contributed by atoms with van der Waals surface area (Å²) in [6.45, 7) is 0. The summed E-state index contributed by atoms with van der Waals surface area (Å²) >= 11 is 0. The van der Waals surface area contributed by atoms with Gasteiger partial charge in [0.25, 0.3) is 0 Å². The van der Waals surface area contributed by atoms with Crippen molar-refractivity contribution in [1.29, 1.82) is 0 Å². The number of nitrogens with zero attached hydrogens (tertiary/aromatic N) is 2. The molecule has 140 valence electrons. The van der Waals surface area contributed by atoms with E-state index in [4.69, 9.17) is 9.47 Å². The predicted octanol–water partition coefficient (Wildman–Crippen LogP) is 2.84. The predicted molar refractivity (Wildman–Crippen MR) is 98.9 cm³/mol. The smallest absolute Gasteiger partial charge is 0.223 e. The van der Waals surface area contributed by atoms with Crippen LogP contribution in [0.3, 0.4) is 0 Å². The number of imidazole rings is 1. The summed E-state index contributed by atoms with van der Waals surface area (Å²) in [5, 5.41) is 3.21. The number of aromatic nitrogens is 2. The topological polar surface area (TPSA) is 65.4 Å². The SMILES string of the molecule is COc1ccccc1[C@H](NC(=O)C1CCC(OC)CC1)c1nccn1C. The molecule has 1 saturated carbocycles. The van der Waals surface area contributed by atoms with Crippen molar-refractivity contribution >= 4 is 5.91 Å². The van der Waals surface area contributed by atoms with Crippen LogP contribution in [0.25, 0.3) is 0 Å². The maximum Gasteiger partial charge on any atom is 0.223 e. The average Bonchev–Trinajstić information content (AvgIpc) is 3.11. The summed E-state index contributed by atoms with van der Waals surface area (Å²) in [4.78, 5) is 17.4. The number of para-hydroxylation sites is 1. The van der Waals surface area contributed by atoms with Gasteiger partial charge in [0, 0.05) is 38.0 Å². The van der Waals surface area contributed by atoms with Crippen molar-refractivity contribution in [3.05, 3.63) is 48.0 Å². The van der Waals surface area contributed by atoms with E-state index in [-0.39, 0.29) is 24.0 Å². The average molecular weight is 357 g/mol. The Morgan fingerprint density at radius 3 is 2.58 bits per heavy atom. The third kappa shape index (κ3) is 3.90. The molecule has 1 aromatic carbocycles. The van der Waals surface area contributed by atoms with Gasteiger partial charge in [-0.15, -0.1) is 0 Å². The normalized spacial score (nSPS) is 21.2. The second-order valence-corrected chi connectivity index (χ2v) is 6.79. The highest BCUT2D eigenvalue weighted by molar-refractivity contribution is 5.79. The molecule has 0 spiro atoms. The van der Waals surface area contributed by atoms with E-state index < -0.39 is 0 Å². The molecule has 3 rings (SSSR count). The molecule has 1 N–H and O–H groups in total. The van der Waals surface area contributed by atoms with Crippen molar-refractivity contribution in [3.63, 3.8) is 0 Å². The van der Waals surface area contributed by atoms with Gasteiger partial charge in [-0.3, -0.25) is 4.79 Å². The molecule has 0 radical (unpaired) electrons.